The van der Waals surface area contributed by atoms with Gasteiger partial charge in [-0.15, -0.1) is 0 Å². The van der Waals surface area contributed by atoms with E-state index in [-0.39, 0.29) is 24.0 Å². The lowest BCUT2D eigenvalue weighted by atomic mass is 9.93. The zero-order valence-electron chi connectivity index (χ0n) is 19.0. The monoisotopic (exact) mass is 460 g/mol. The molecule has 32 heavy (non-hydrogen) atoms. The smallest absolute Gasteiger partial charge is 0.338 e. The minimum atomic E-state index is -0.772. The summed E-state index contributed by atoms with van der Waals surface area (Å²) in [6.45, 7) is 6.49. The number of amides is 1. The summed E-state index contributed by atoms with van der Waals surface area (Å²) in [7, 11) is 3.87. The number of ether oxygens (including phenoxy) is 1. The molecule has 172 valence electrons. The Morgan fingerprint density at radius 2 is 2.03 bits per heavy atom. The third-order valence-corrected chi connectivity index (χ3v) is 5.87. The molecule has 9 heteroatoms. The van der Waals surface area contributed by atoms with Crippen LogP contribution in [0.1, 0.15) is 38.8 Å². The summed E-state index contributed by atoms with van der Waals surface area (Å²) < 4.78 is 20.4. The van der Waals surface area contributed by atoms with Crippen molar-refractivity contribution >= 4 is 28.8 Å². The number of rotatable bonds is 8. The molecule has 7 nitrogen and oxygen atoms in total. The van der Waals surface area contributed by atoms with Crippen molar-refractivity contribution < 1.29 is 18.7 Å². The second kappa shape index (κ2) is 10.3. The van der Waals surface area contributed by atoms with Crippen LogP contribution in [0.3, 0.4) is 0 Å². The number of likely N-dealkylation sites (N-methyl/N-ethyl adjacent to an activating group) is 1. The molecule has 1 atom stereocenters. The average Bonchev–Trinajstić information content (AvgIpc) is 3.08. The van der Waals surface area contributed by atoms with Crippen molar-refractivity contribution in [3.8, 4) is 0 Å². The van der Waals surface area contributed by atoms with Gasteiger partial charge in [-0.3, -0.25) is 4.79 Å². The van der Waals surface area contributed by atoms with E-state index < -0.39 is 17.8 Å². The fraction of sp³-hybridized carbons (Fsp3) is 0.435. The molecule has 3 rings (SSSR count). The number of nitrogens with zero attached hydrogens (tertiary/aromatic N) is 3. The molecule has 0 aromatic heterocycles. The Bertz CT molecular complexity index is 987. The molecule has 2 aliphatic rings. The Hall–Kier alpha value is -2.65. The van der Waals surface area contributed by atoms with Gasteiger partial charge in [-0.2, -0.15) is 0 Å². The van der Waals surface area contributed by atoms with E-state index >= 15 is 0 Å². The van der Waals surface area contributed by atoms with Crippen LogP contribution in [0.2, 0.25) is 0 Å². The van der Waals surface area contributed by atoms with Gasteiger partial charge in [-0.25, -0.2) is 14.2 Å². The van der Waals surface area contributed by atoms with Gasteiger partial charge in [0.15, 0.2) is 5.17 Å². The SMILES string of the molecule is CC1=C(C(=O)OC(C)C)C(c2ccccc2F)N2C(CC(=O)NCCN(C)C)=CSC2=N1. The average molecular weight is 461 g/mol. The van der Waals surface area contributed by atoms with E-state index in [9.17, 15) is 14.0 Å². The zero-order valence-corrected chi connectivity index (χ0v) is 19.8. The van der Waals surface area contributed by atoms with Crippen molar-refractivity contribution in [3.63, 3.8) is 0 Å². The number of carbonyl (C=O) groups excluding carboxylic acids is 2. The highest BCUT2D eigenvalue weighted by Gasteiger charge is 2.42. The number of thioether (sulfide) groups is 1. The molecule has 0 aliphatic carbocycles. The Morgan fingerprint density at radius 1 is 1.31 bits per heavy atom. The van der Waals surface area contributed by atoms with Crippen LogP contribution in [0.4, 0.5) is 4.39 Å². The first-order valence-electron chi connectivity index (χ1n) is 10.5. The predicted octanol–water partition coefficient (Wildman–Crippen LogP) is 3.42. The standard InChI is InChI=1S/C23H29FN4O3S/c1-14(2)31-22(30)20-15(3)26-23-28(21(20)17-8-6-7-9-18(17)24)16(13-32-23)12-19(29)25-10-11-27(4)5/h6-9,13-14,21H,10-12H2,1-5H3,(H,25,29). The number of hydrogen-bond donors (Lipinski definition) is 1. The molecule has 1 unspecified atom stereocenters. The third kappa shape index (κ3) is 5.39. The Morgan fingerprint density at radius 3 is 2.69 bits per heavy atom. The molecule has 0 saturated heterocycles. The Balaban J connectivity index is 1.95. The summed E-state index contributed by atoms with van der Waals surface area (Å²) in [5.74, 6) is -1.13. The maximum Gasteiger partial charge on any atom is 0.338 e. The van der Waals surface area contributed by atoms with Gasteiger partial charge in [0.05, 0.1) is 29.8 Å². The van der Waals surface area contributed by atoms with Crippen LogP contribution < -0.4 is 5.32 Å². The number of nitrogens with one attached hydrogen (secondary N) is 1. The van der Waals surface area contributed by atoms with Gasteiger partial charge in [0.2, 0.25) is 5.91 Å². The highest BCUT2D eigenvalue weighted by Crippen LogP contribution is 2.45. The van der Waals surface area contributed by atoms with Crippen molar-refractivity contribution in [1.29, 1.82) is 0 Å². The Kier molecular flexibility index (Phi) is 7.73. The van der Waals surface area contributed by atoms with E-state index in [4.69, 9.17) is 4.74 Å². The lowest BCUT2D eigenvalue weighted by Crippen LogP contribution is -2.39. The number of benzene rings is 1. The molecule has 0 fully saturated rings. The van der Waals surface area contributed by atoms with Crippen molar-refractivity contribution in [2.24, 2.45) is 4.99 Å². The highest BCUT2D eigenvalue weighted by molar-refractivity contribution is 8.16. The lowest BCUT2D eigenvalue weighted by molar-refractivity contribution is -0.143. The molecule has 0 bridgehead atoms. The van der Waals surface area contributed by atoms with Crippen molar-refractivity contribution in [1.82, 2.24) is 15.1 Å². The normalized spacial score (nSPS) is 18.0. The number of esters is 1. The van der Waals surface area contributed by atoms with E-state index in [1.807, 2.05) is 24.4 Å². The summed E-state index contributed by atoms with van der Waals surface area (Å²) in [5.41, 5.74) is 1.74. The molecule has 2 heterocycles. The molecule has 1 aromatic rings. The number of allylic oxidation sites excluding steroid dienone is 1. The maximum absolute atomic E-state index is 14.9. The van der Waals surface area contributed by atoms with Gasteiger partial charge in [0.25, 0.3) is 0 Å². The van der Waals surface area contributed by atoms with Crippen molar-refractivity contribution in [2.75, 3.05) is 27.2 Å². The first kappa shape index (κ1) is 24.0. The number of hydrogen-bond acceptors (Lipinski definition) is 7. The van der Waals surface area contributed by atoms with E-state index in [1.165, 1.54) is 17.8 Å². The van der Waals surface area contributed by atoms with E-state index in [0.717, 1.165) is 6.54 Å². The van der Waals surface area contributed by atoms with Gasteiger partial charge in [0.1, 0.15) is 5.82 Å². The van der Waals surface area contributed by atoms with Crippen LogP contribution >= 0.6 is 11.8 Å². The summed E-state index contributed by atoms with van der Waals surface area (Å²) in [6, 6.07) is 5.57. The minimum absolute atomic E-state index is 0.0932. The summed E-state index contributed by atoms with van der Waals surface area (Å²) in [5, 5.41) is 5.34. The molecule has 1 N–H and O–H groups in total. The van der Waals surface area contributed by atoms with E-state index in [0.29, 0.717) is 28.7 Å². The molecular formula is C23H29FN4O3S. The molecule has 1 aromatic carbocycles. The summed E-state index contributed by atoms with van der Waals surface area (Å²) in [4.78, 5) is 33.9. The molecule has 2 aliphatic heterocycles. The molecular weight excluding hydrogens is 431 g/mol. The first-order valence-corrected chi connectivity index (χ1v) is 11.4. The van der Waals surface area contributed by atoms with Gasteiger partial charge >= 0.3 is 5.97 Å². The fourth-order valence-corrected chi connectivity index (χ4v) is 4.51. The van der Waals surface area contributed by atoms with Crippen molar-refractivity contribution in [3.05, 3.63) is 58.0 Å². The number of aliphatic imine (C=N–C) groups is 1. The number of fused-ring (bicyclic) bond motifs is 1. The molecule has 0 radical (unpaired) electrons. The van der Waals surface area contributed by atoms with Gasteiger partial charge in [0, 0.05) is 24.4 Å². The number of halogens is 1. The van der Waals surface area contributed by atoms with Gasteiger partial charge in [-0.1, -0.05) is 30.0 Å². The van der Waals surface area contributed by atoms with Crippen LogP contribution in [-0.2, 0) is 14.3 Å². The van der Waals surface area contributed by atoms with Crippen molar-refractivity contribution in [2.45, 2.75) is 39.3 Å². The second-order valence-electron chi connectivity index (χ2n) is 8.20. The minimum Gasteiger partial charge on any atom is -0.459 e. The third-order valence-electron chi connectivity index (χ3n) is 4.99. The van der Waals surface area contributed by atoms with Crippen LogP contribution in [0.25, 0.3) is 0 Å². The lowest BCUT2D eigenvalue weighted by Gasteiger charge is -2.36. The fourth-order valence-electron chi connectivity index (χ4n) is 3.55. The Labute approximate surface area is 192 Å². The quantitative estimate of drug-likeness (QED) is 0.600. The van der Waals surface area contributed by atoms with Crippen LogP contribution in [0.15, 0.2) is 51.6 Å². The number of amidine groups is 1. The maximum atomic E-state index is 14.9. The summed E-state index contributed by atoms with van der Waals surface area (Å²) >= 11 is 1.36. The van der Waals surface area contributed by atoms with Crippen LogP contribution in [0, 0.1) is 5.82 Å². The van der Waals surface area contributed by atoms with Gasteiger partial charge in [-0.05, 0) is 46.3 Å². The predicted molar refractivity (Wildman–Crippen MR) is 124 cm³/mol. The first-order chi connectivity index (χ1) is 15.2. The van der Waals surface area contributed by atoms with Crippen LogP contribution in [0.5, 0.6) is 0 Å². The van der Waals surface area contributed by atoms with E-state index in [2.05, 4.69) is 10.3 Å². The molecule has 1 amide bonds. The van der Waals surface area contributed by atoms with Crippen LogP contribution in [-0.4, -0.2) is 60.1 Å². The molecule has 0 spiro atoms. The number of carbonyl (C=O) groups is 2. The largest absolute Gasteiger partial charge is 0.459 e. The highest BCUT2D eigenvalue weighted by atomic mass is 32.2. The second-order valence-corrected chi connectivity index (χ2v) is 9.04. The topological polar surface area (TPSA) is 74.2 Å². The molecule has 0 saturated carbocycles. The van der Waals surface area contributed by atoms with Gasteiger partial charge < -0.3 is 19.9 Å². The zero-order chi connectivity index (χ0) is 23.4. The summed E-state index contributed by atoms with van der Waals surface area (Å²) in [6.07, 6.45) is -0.240. The van der Waals surface area contributed by atoms with E-state index in [1.54, 1.807) is 43.9 Å².